The number of rotatable bonds is 6. The molecule has 7 heteroatoms. The second-order valence-electron chi connectivity index (χ2n) is 7.25. The highest BCUT2D eigenvalue weighted by Crippen LogP contribution is 2.41. The Balaban J connectivity index is 1.84. The van der Waals surface area contributed by atoms with E-state index in [2.05, 4.69) is 0 Å². The van der Waals surface area contributed by atoms with E-state index in [-0.39, 0.29) is 0 Å². The fourth-order valence-electron chi connectivity index (χ4n) is 3.53. The van der Waals surface area contributed by atoms with E-state index in [1.807, 2.05) is 73.3 Å². The third-order valence-corrected chi connectivity index (χ3v) is 6.53. The topological polar surface area (TPSA) is 40.6 Å². The van der Waals surface area contributed by atoms with Crippen LogP contribution in [0.3, 0.4) is 0 Å². The number of nitrogens with zero attached hydrogens (tertiary/aromatic N) is 2. The molecule has 2 amide bonds. The zero-order valence-electron chi connectivity index (χ0n) is 17.5. The number of hydrogen-bond acceptors (Lipinski definition) is 4. The Labute approximate surface area is 201 Å². The van der Waals surface area contributed by atoms with Crippen LogP contribution in [0.2, 0.25) is 10.0 Å². The van der Waals surface area contributed by atoms with Gasteiger partial charge in [0, 0.05) is 27.2 Å². The molecule has 0 unspecified atom stereocenters. The van der Waals surface area contributed by atoms with Crippen LogP contribution >= 0.6 is 35.0 Å². The van der Waals surface area contributed by atoms with Crippen molar-refractivity contribution in [3.8, 4) is 0 Å². The Morgan fingerprint density at radius 2 is 1.50 bits per heavy atom. The number of halogens is 2. The number of para-hydroxylation sites is 1. The lowest BCUT2D eigenvalue weighted by Gasteiger charge is -2.24. The van der Waals surface area contributed by atoms with Crippen molar-refractivity contribution in [2.75, 3.05) is 16.3 Å². The standard InChI is InChI=1S/C25H20Cl2N2O2S/c1-3-28(19-7-5-4-6-8-19)22-23(32-21-11-9-16(2)10-12-21)25(31)29(24(22)30)20-14-17(26)13-18(27)15-20/h4-15H,3H2,1-2H3. The van der Waals surface area contributed by atoms with E-state index >= 15 is 0 Å². The van der Waals surface area contributed by atoms with E-state index in [0.717, 1.165) is 21.0 Å². The van der Waals surface area contributed by atoms with E-state index < -0.39 is 11.8 Å². The first-order chi connectivity index (χ1) is 15.4. The number of carbonyl (C=O) groups is 2. The molecule has 1 aliphatic rings. The average Bonchev–Trinajstić information content (AvgIpc) is 3.00. The van der Waals surface area contributed by atoms with Crippen molar-refractivity contribution in [2.45, 2.75) is 18.7 Å². The van der Waals surface area contributed by atoms with E-state index in [0.29, 0.717) is 32.9 Å². The Morgan fingerprint density at radius 3 is 2.09 bits per heavy atom. The zero-order valence-corrected chi connectivity index (χ0v) is 19.8. The number of amides is 2. The van der Waals surface area contributed by atoms with Gasteiger partial charge < -0.3 is 4.90 Å². The average molecular weight is 483 g/mol. The van der Waals surface area contributed by atoms with Crippen molar-refractivity contribution >= 4 is 58.2 Å². The zero-order chi connectivity index (χ0) is 22.8. The number of carbonyl (C=O) groups excluding carboxylic acids is 2. The van der Waals surface area contributed by atoms with Crippen LogP contribution < -0.4 is 9.80 Å². The monoisotopic (exact) mass is 482 g/mol. The number of imide groups is 1. The van der Waals surface area contributed by atoms with E-state index in [1.54, 1.807) is 18.2 Å². The first-order valence-electron chi connectivity index (χ1n) is 10.0. The van der Waals surface area contributed by atoms with Crippen LogP contribution in [0.15, 0.2) is 88.3 Å². The lowest BCUT2D eigenvalue weighted by Crippen LogP contribution is -2.35. The second kappa shape index (κ2) is 9.41. The summed E-state index contributed by atoms with van der Waals surface area (Å²) in [4.78, 5) is 31.5. The summed E-state index contributed by atoms with van der Waals surface area (Å²) in [6.45, 7) is 4.47. The van der Waals surface area contributed by atoms with Gasteiger partial charge in [-0.1, -0.05) is 70.9 Å². The fraction of sp³-hybridized carbons (Fsp3) is 0.120. The molecule has 0 aromatic heterocycles. The molecule has 1 aliphatic heterocycles. The summed E-state index contributed by atoms with van der Waals surface area (Å²) in [5, 5.41) is 0.703. The summed E-state index contributed by atoms with van der Waals surface area (Å²) < 4.78 is 0. The highest BCUT2D eigenvalue weighted by atomic mass is 35.5. The molecule has 0 saturated carbocycles. The molecular formula is C25H20Cl2N2O2S. The van der Waals surface area contributed by atoms with Crippen molar-refractivity contribution in [3.63, 3.8) is 0 Å². The first kappa shape index (κ1) is 22.5. The van der Waals surface area contributed by atoms with Crippen molar-refractivity contribution in [1.29, 1.82) is 0 Å². The summed E-state index contributed by atoms with van der Waals surface area (Å²) in [7, 11) is 0. The third-order valence-electron chi connectivity index (χ3n) is 5.02. The van der Waals surface area contributed by atoms with Gasteiger partial charge in [-0.2, -0.15) is 0 Å². The molecule has 3 aromatic rings. The predicted molar refractivity (Wildman–Crippen MR) is 132 cm³/mol. The van der Waals surface area contributed by atoms with Crippen LogP contribution in [0.5, 0.6) is 0 Å². The smallest absolute Gasteiger partial charge is 0.283 e. The molecule has 0 fully saturated rings. The lowest BCUT2D eigenvalue weighted by atomic mass is 10.2. The van der Waals surface area contributed by atoms with Gasteiger partial charge >= 0.3 is 0 Å². The first-order valence-corrected chi connectivity index (χ1v) is 11.6. The van der Waals surface area contributed by atoms with Crippen LogP contribution in [0.25, 0.3) is 0 Å². The van der Waals surface area contributed by atoms with Crippen LogP contribution in [0, 0.1) is 6.92 Å². The summed E-state index contributed by atoms with van der Waals surface area (Å²) in [6.07, 6.45) is 0. The van der Waals surface area contributed by atoms with Gasteiger partial charge in [0.2, 0.25) is 0 Å². The molecule has 0 spiro atoms. The maximum Gasteiger partial charge on any atom is 0.283 e. The number of hydrogen-bond donors (Lipinski definition) is 0. The molecule has 32 heavy (non-hydrogen) atoms. The molecule has 4 nitrogen and oxygen atoms in total. The Bertz CT molecular complexity index is 1190. The molecule has 0 bridgehead atoms. The maximum absolute atomic E-state index is 13.7. The summed E-state index contributed by atoms with van der Waals surface area (Å²) in [6, 6.07) is 22.1. The highest BCUT2D eigenvalue weighted by molar-refractivity contribution is 8.04. The van der Waals surface area contributed by atoms with Gasteiger partial charge in [0.1, 0.15) is 10.6 Å². The number of likely N-dealkylation sites (N-methyl/N-ethyl adjacent to an activating group) is 1. The predicted octanol–water partition coefficient (Wildman–Crippen LogP) is 6.71. The SMILES string of the molecule is CCN(C1=C(Sc2ccc(C)cc2)C(=O)N(c2cc(Cl)cc(Cl)c2)C1=O)c1ccccc1. The molecule has 3 aromatic carbocycles. The van der Waals surface area contributed by atoms with Gasteiger partial charge in [-0.05, 0) is 56.3 Å². The van der Waals surface area contributed by atoms with Gasteiger partial charge in [-0.3, -0.25) is 9.59 Å². The fourth-order valence-corrected chi connectivity index (χ4v) is 5.03. The van der Waals surface area contributed by atoms with Gasteiger partial charge in [0.15, 0.2) is 0 Å². The van der Waals surface area contributed by atoms with Crippen LogP contribution in [-0.2, 0) is 9.59 Å². The normalized spacial score (nSPS) is 13.8. The Morgan fingerprint density at radius 1 is 0.875 bits per heavy atom. The molecular weight excluding hydrogens is 463 g/mol. The number of aryl methyl sites for hydroxylation is 1. The lowest BCUT2D eigenvalue weighted by molar-refractivity contribution is -0.120. The van der Waals surface area contributed by atoms with E-state index in [1.165, 1.54) is 11.8 Å². The molecule has 0 atom stereocenters. The maximum atomic E-state index is 13.7. The molecule has 0 N–H and O–H groups in total. The van der Waals surface area contributed by atoms with Crippen molar-refractivity contribution < 1.29 is 9.59 Å². The Kier molecular flexibility index (Phi) is 6.60. The van der Waals surface area contributed by atoms with Gasteiger partial charge in [0.05, 0.1) is 5.69 Å². The molecule has 162 valence electrons. The molecule has 1 heterocycles. The molecule has 0 aliphatic carbocycles. The number of thioether (sulfide) groups is 1. The minimum absolute atomic E-state index is 0.338. The van der Waals surface area contributed by atoms with Crippen molar-refractivity contribution in [1.82, 2.24) is 0 Å². The van der Waals surface area contributed by atoms with Crippen molar-refractivity contribution in [3.05, 3.63) is 99.0 Å². The van der Waals surface area contributed by atoms with Crippen LogP contribution in [-0.4, -0.2) is 18.4 Å². The quantitative estimate of drug-likeness (QED) is 0.366. The molecule has 0 radical (unpaired) electrons. The number of anilines is 2. The van der Waals surface area contributed by atoms with Gasteiger partial charge in [-0.15, -0.1) is 0 Å². The highest BCUT2D eigenvalue weighted by Gasteiger charge is 2.42. The minimum Gasteiger partial charge on any atom is -0.336 e. The van der Waals surface area contributed by atoms with Gasteiger partial charge in [-0.25, -0.2) is 4.90 Å². The van der Waals surface area contributed by atoms with Crippen molar-refractivity contribution in [2.24, 2.45) is 0 Å². The van der Waals surface area contributed by atoms with Gasteiger partial charge in [0.25, 0.3) is 11.8 Å². The largest absolute Gasteiger partial charge is 0.336 e. The minimum atomic E-state index is -0.409. The van der Waals surface area contributed by atoms with E-state index in [4.69, 9.17) is 23.2 Å². The molecule has 0 saturated heterocycles. The Hall–Kier alpha value is -2.73. The van der Waals surface area contributed by atoms with Crippen LogP contribution in [0.1, 0.15) is 12.5 Å². The second-order valence-corrected chi connectivity index (χ2v) is 9.20. The van der Waals surface area contributed by atoms with Crippen LogP contribution in [0.4, 0.5) is 11.4 Å². The summed E-state index contributed by atoms with van der Waals surface area (Å²) in [5.41, 5.74) is 2.63. The summed E-state index contributed by atoms with van der Waals surface area (Å²) >= 11 is 13.6. The van der Waals surface area contributed by atoms with E-state index in [9.17, 15) is 9.59 Å². The summed E-state index contributed by atoms with van der Waals surface area (Å²) in [5.74, 6) is -0.808. The third kappa shape index (κ3) is 4.42. The molecule has 4 rings (SSSR count). The number of benzene rings is 3.